The van der Waals surface area contributed by atoms with Crippen molar-refractivity contribution in [2.24, 2.45) is 0 Å². The van der Waals surface area contributed by atoms with Crippen LogP contribution in [-0.4, -0.2) is 23.4 Å². The van der Waals surface area contributed by atoms with Crippen molar-refractivity contribution in [2.75, 3.05) is 6.54 Å². The first-order valence-electron chi connectivity index (χ1n) is 5.23. The minimum atomic E-state index is -0.405. The molecule has 2 rings (SSSR count). The summed E-state index contributed by atoms with van der Waals surface area (Å²) in [6.45, 7) is 3.73. The van der Waals surface area contributed by atoms with E-state index in [4.69, 9.17) is 0 Å². The molecule has 0 bridgehead atoms. The van der Waals surface area contributed by atoms with Gasteiger partial charge in [0.1, 0.15) is 5.70 Å². The maximum Gasteiger partial charge on any atom is 0.329 e. The molecule has 0 aromatic heterocycles. The number of nitrogens with zero attached hydrogens (tertiary/aromatic N) is 1. The van der Waals surface area contributed by atoms with E-state index in [1.807, 2.05) is 30.3 Å². The summed E-state index contributed by atoms with van der Waals surface area (Å²) in [5.41, 5.74) is 1.17. The van der Waals surface area contributed by atoms with E-state index >= 15 is 0 Å². The molecule has 17 heavy (non-hydrogen) atoms. The van der Waals surface area contributed by atoms with Crippen LogP contribution < -0.4 is 5.32 Å². The van der Waals surface area contributed by atoms with Crippen LogP contribution in [0.15, 0.2) is 48.7 Å². The molecular weight excluding hydrogens is 216 g/mol. The normalized spacial score (nSPS) is 17.4. The molecule has 1 aromatic rings. The molecule has 4 nitrogen and oxygen atoms in total. The molecule has 0 radical (unpaired) electrons. The van der Waals surface area contributed by atoms with Gasteiger partial charge in [-0.2, -0.15) is 0 Å². The fourth-order valence-corrected chi connectivity index (χ4v) is 1.58. The summed E-state index contributed by atoms with van der Waals surface area (Å²) in [6, 6.07) is 8.95. The smallest absolute Gasteiger partial charge is 0.303 e. The first-order chi connectivity index (χ1) is 8.22. The van der Waals surface area contributed by atoms with Gasteiger partial charge in [-0.3, -0.25) is 9.69 Å². The molecule has 1 heterocycles. The zero-order valence-corrected chi connectivity index (χ0v) is 9.22. The van der Waals surface area contributed by atoms with E-state index in [9.17, 15) is 9.59 Å². The lowest BCUT2D eigenvalue weighted by Gasteiger charge is -2.06. The highest BCUT2D eigenvalue weighted by atomic mass is 16.2. The molecule has 3 amide bonds. The van der Waals surface area contributed by atoms with Gasteiger partial charge >= 0.3 is 6.03 Å². The number of rotatable bonds is 3. The molecule has 86 valence electrons. The highest BCUT2D eigenvalue weighted by Gasteiger charge is 2.32. The minimum Gasteiger partial charge on any atom is -0.303 e. The van der Waals surface area contributed by atoms with Gasteiger partial charge < -0.3 is 5.32 Å². The van der Waals surface area contributed by atoms with Gasteiger partial charge in [0.15, 0.2) is 0 Å². The molecule has 1 fully saturated rings. The van der Waals surface area contributed by atoms with Crippen LogP contribution in [0.1, 0.15) is 5.56 Å². The predicted octanol–water partition coefficient (Wildman–Crippen LogP) is 1.77. The first kappa shape index (κ1) is 11.1. The van der Waals surface area contributed by atoms with Crippen molar-refractivity contribution >= 4 is 18.0 Å². The molecule has 1 N–H and O–H groups in total. The van der Waals surface area contributed by atoms with Gasteiger partial charge in [0.05, 0.1) is 0 Å². The van der Waals surface area contributed by atoms with E-state index < -0.39 is 6.03 Å². The van der Waals surface area contributed by atoms with Crippen LogP contribution in [-0.2, 0) is 4.79 Å². The zero-order valence-electron chi connectivity index (χ0n) is 9.22. The number of hydrogen-bond donors (Lipinski definition) is 1. The average Bonchev–Trinajstić information content (AvgIpc) is 2.59. The monoisotopic (exact) mass is 228 g/mol. The third kappa shape index (κ3) is 2.25. The average molecular weight is 228 g/mol. The largest absolute Gasteiger partial charge is 0.329 e. The second-order valence-electron chi connectivity index (χ2n) is 3.60. The van der Waals surface area contributed by atoms with Crippen LogP contribution in [0.4, 0.5) is 4.79 Å². The Morgan fingerprint density at radius 2 is 1.94 bits per heavy atom. The summed E-state index contributed by atoms with van der Waals surface area (Å²) in [5, 5.41) is 2.54. The van der Waals surface area contributed by atoms with Crippen molar-refractivity contribution in [3.05, 3.63) is 54.2 Å². The van der Waals surface area contributed by atoms with Crippen molar-refractivity contribution in [3.8, 4) is 0 Å². The molecule has 1 aromatic carbocycles. The number of imide groups is 1. The SMILES string of the molecule is C=CCN1C(=O)N/C(=C/c2ccccc2)C1=O. The maximum absolute atomic E-state index is 11.8. The van der Waals surface area contributed by atoms with Gasteiger partial charge in [0.2, 0.25) is 0 Å². The Kier molecular flexibility index (Phi) is 3.05. The van der Waals surface area contributed by atoms with Gasteiger partial charge in [0, 0.05) is 6.54 Å². The second-order valence-corrected chi connectivity index (χ2v) is 3.60. The number of urea groups is 1. The summed E-state index contributed by atoms with van der Waals surface area (Å²) in [7, 11) is 0. The molecule has 0 saturated carbocycles. The Morgan fingerprint density at radius 3 is 2.59 bits per heavy atom. The zero-order chi connectivity index (χ0) is 12.3. The molecule has 1 aliphatic heterocycles. The van der Waals surface area contributed by atoms with E-state index in [1.54, 1.807) is 6.08 Å². The predicted molar refractivity (Wildman–Crippen MR) is 64.9 cm³/mol. The third-order valence-corrected chi connectivity index (χ3v) is 2.38. The summed E-state index contributed by atoms with van der Waals surface area (Å²) in [4.78, 5) is 24.4. The lowest BCUT2D eigenvalue weighted by molar-refractivity contribution is -0.122. The molecule has 4 heteroatoms. The maximum atomic E-state index is 11.8. The Hall–Kier alpha value is -2.36. The third-order valence-electron chi connectivity index (χ3n) is 2.38. The van der Waals surface area contributed by atoms with Crippen LogP contribution in [0.25, 0.3) is 6.08 Å². The molecule has 0 aliphatic carbocycles. The quantitative estimate of drug-likeness (QED) is 0.487. The summed E-state index contributed by atoms with van der Waals surface area (Å²) in [5.74, 6) is -0.321. The Morgan fingerprint density at radius 1 is 1.24 bits per heavy atom. The van der Waals surface area contributed by atoms with Crippen molar-refractivity contribution in [3.63, 3.8) is 0 Å². The topological polar surface area (TPSA) is 49.4 Å². The van der Waals surface area contributed by atoms with Gasteiger partial charge in [-0.25, -0.2) is 4.79 Å². The molecule has 0 spiro atoms. The number of nitrogens with one attached hydrogen (secondary N) is 1. The number of carbonyl (C=O) groups excluding carboxylic acids is 2. The van der Waals surface area contributed by atoms with Gasteiger partial charge in [-0.1, -0.05) is 36.4 Å². The van der Waals surface area contributed by atoms with E-state index in [2.05, 4.69) is 11.9 Å². The van der Waals surface area contributed by atoms with E-state index in [0.717, 1.165) is 10.5 Å². The Labute approximate surface area is 99.2 Å². The van der Waals surface area contributed by atoms with Crippen LogP contribution in [0, 0.1) is 0 Å². The molecule has 0 atom stereocenters. The van der Waals surface area contributed by atoms with Crippen LogP contribution in [0.2, 0.25) is 0 Å². The lowest BCUT2D eigenvalue weighted by Crippen LogP contribution is -2.30. The fourth-order valence-electron chi connectivity index (χ4n) is 1.58. The van der Waals surface area contributed by atoms with Gasteiger partial charge in [-0.05, 0) is 11.6 Å². The van der Waals surface area contributed by atoms with E-state index in [0.29, 0.717) is 5.70 Å². The molecule has 1 aliphatic rings. The minimum absolute atomic E-state index is 0.219. The molecule has 0 unspecified atom stereocenters. The summed E-state index contributed by atoms with van der Waals surface area (Å²) in [6.07, 6.45) is 3.17. The highest BCUT2D eigenvalue weighted by molar-refractivity contribution is 6.14. The highest BCUT2D eigenvalue weighted by Crippen LogP contribution is 2.13. The van der Waals surface area contributed by atoms with Crippen molar-refractivity contribution in [1.82, 2.24) is 10.2 Å². The van der Waals surface area contributed by atoms with E-state index in [-0.39, 0.29) is 12.5 Å². The molecular formula is C13H12N2O2. The Balaban J connectivity index is 2.25. The molecule has 1 saturated heterocycles. The lowest BCUT2D eigenvalue weighted by atomic mass is 10.2. The number of carbonyl (C=O) groups is 2. The number of benzene rings is 1. The van der Waals surface area contributed by atoms with E-state index in [1.165, 1.54) is 6.08 Å². The van der Waals surface area contributed by atoms with Crippen molar-refractivity contribution < 1.29 is 9.59 Å². The summed E-state index contributed by atoms with van der Waals surface area (Å²) >= 11 is 0. The number of hydrogen-bond acceptors (Lipinski definition) is 2. The van der Waals surface area contributed by atoms with Crippen molar-refractivity contribution in [1.29, 1.82) is 0 Å². The second kappa shape index (κ2) is 4.65. The van der Waals surface area contributed by atoms with Crippen molar-refractivity contribution in [2.45, 2.75) is 0 Å². The van der Waals surface area contributed by atoms with Crippen LogP contribution in [0.3, 0.4) is 0 Å². The van der Waals surface area contributed by atoms with Crippen LogP contribution in [0.5, 0.6) is 0 Å². The standard InChI is InChI=1S/C13H12N2O2/c1-2-8-15-12(16)11(14-13(15)17)9-10-6-4-3-5-7-10/h2-7,9H,1,8H2,(H,14,17)/b11-9+. The number of amides is 3. The van der Waals surface area contributed by atoms with Gasteiger partial charge in [-0.15, -0.1) is 6.58 Å². The summed E-state index contributed by atoms with van der Waals surface area (Å²) < 4.78 is 0. The first-order valence-corrected chi connectivity index (χ1v) is 5.23. The fraction of sp³-hybridized carbons (Fsp3) is 0.0769. The Bertz CT molecular complexity index is 491. The van der Waals surface area contributed by atoms with Crippen LogP contribution >= 0.6 is 0 Å². The van der Waals surface area contributed by atoms with Gasteiger partial charge in [0.25, 0.3) is 5.91 Å².